The molecule has 126 valence electrons. The number of unbranched alkanes of at least 4 members (excludes halogenated alkanes) is 3. The van der Waals surface area contributed by atoms with Crippen molar-refractivity contribution in [1.82, 2.24) is 19.1 Å². The van der Waals surface area contributed by atoms with Crippen molar-refractivity contribution in [3.05, 3.63) is 33.0 Å². The molecule has 7 heteroatoms. The highest BCUT2D eigenvalue weighted by atomic mass is 16.2. The summed E-state index contributed by atoms with van der Waals surface area (Å²) in [5, 5.41) is 3.28. The van der Waals surface area contributed by atoms with Crippen LogP contribution in [0.15, 0.2) is 21.7 Å². The fourth-order valence-corrected chi connectivity index (χ4v) is 2.55. The minimum Gasteiger partial charge on any atom is -0.356 e. The van der Waals surface area contributed by atoms with Crippen molar-refractivity contribution in [2.75, 3.05) is 11.9 Å². The first kappa shape index (κ1) is 17.1. The molecular formula is C16H25N5O2. The molecule has 0 aliphatic rings. The number of hydrogen-bond acceptors (Lipinski definition) is 4. The minimum atomic E-state index is -0.461. The summed E-state index contributed by atoms with van der Waals surface area (Å²) in [5.74, 6) is 0.603. The summed E-state index contributed by atoms with van der Waals surface area (Å²) < 4.78 is 3.14. The van der Waals surface area contributed by atoms with Gasteiger partial charge >= 0.3 is 5.69 Å². The van der Waals surface area contributed by atoms with Crippen LogP contribution in [0.5, 0.6) is 0 Å². The summed E-state index contributed by atoms with van der Waals surface area (Å²) in [7, 11) is 1.60. The molecule has 0 spiro atoms. The maximum absolute atomic E-state index is 12.2. The van der Waals surface area contributed by atoms with Crippen LogP contribution in [0.1, 0.15) is 39.5 Å². The second kappa shape index (κ2) is 7.30. The van der Waals surface area contributed by atoms with Crippen LogP contribution in [0.2, 0.25) is 0 Å². The second-order valence-corrected chi connectivity index (χ2v) is 5.96. The topological polar surface area (TPSA) is 84.7 Å². The van der Waals surface area contributed by atoms with Crippen LogP contribution in [-0.4, -0.2) is 25.6 Å². The predicted octanol–water partition coefficient (Wildman–Crippen LogP) is 1.99. The first-order valence-electron chi connectivity index (χ1n) is 8.03. The molecule has 0 aliphatic heterocycles. The Morgan fingerprint density at radius 2 is 2.04 bits per heavy atom. The Hall–Kier alpha value is -2.31. The van der Waals surface area contributed by atoms with E-state index < -0.39 is 11.2 Å². The van der Waals surface area contributed by atoms with Crippen molar-refractivity contribution in [3.8, 4) is 0 Å². The van der Waals surface area contributed by atoms with E-state index in [0.717, 1.165) is 25.0 Å². The highest BCUT2D eigenvalue weighted by Crippen LogP contribution is 2.17. The third-order valence-electron chi connectivity index (χ3n) is 3.75. The molecule has 2 aromatic rings. The molecule has 0 bridgehead atoms. The Morgan fingerprint density at radius 3 is 2.70 bits per heavy atom. The van der Waals surface area contributed by atoms with Crippen molar-refractivity contribution < 1.29 is 0 Å². The van der Waals surface area contributed by atoms with Crippen LogP contribution in [-0.2, 0) is 13.6 Å². The molecular weight excluding hydrogens is 294 g/mol. The number of H-pyrrole nitrogens is 1. The minimum absolute atomic E-state index is 0.385. The van der Waals surface area contributed by atoms with Crippen molar-refractivity contribution in [1.29, 1.82) is 0 Å². The summed E-state index contributed by atoms with van der Waals surface area (Å²) >= 11 is 0. The Kier molecular flexibility index (Phi) is 5.41. The molecule has 0 fully saturated rings. The molecule has 2 aromatic heterocycles. The number of hydrogen-bond donors (Lipinski definition) is 2. The number of aromatic nitrogens is 4. The number of nitrogens with one attached hydrogen (secondary N) is 2. The molecule has 2 heterocycles. The average Bonchev–Trinajstić information content (AvgIpc) is 2.83. The average molecular weight is 319 g/mol. The van der Waals surface area contributed by atoms with Crippen LogP contribution in [0.3, 0.4) is 0 Å². The van der Waals surface area contributed by atoms with Crippen molar-refractivity contribution in [2.45, 2.75) is 46.1 Å². The van der Waals surface area contributed by atoms with Gasteiger partial charge in [-0.2, -0.15) is 4.98 Å². The van der Waals surface area contributed by atoms with E-state index in [-0.39, 0.29) is 0 Å². The zero-order valence-corrected chi connectivity index (χ0v) is 14.1. The molecule has 0 saturated heterocycles. The number of fused-ring (bicyclic) bond motifs is 1. The van der Waals surface area contributed by atoms with E-state index in [1.165, 1.54) is 17.4 Å². The number of nitrogens with zero attached hydrogens (tertiary/aromatic N) is 3. The lowest BCUT2D eigenvalue weighted by atomic mass is 10.2. The van der Waals surface area contributed by atoms with Gasteiger partial charge in [-0.05, 0) is 13.3 Å². The maximum atomic E-state index is 12.2. The van der Waals surface area contributed by atoms with Crippen LogP contribution in [0, 0.1) is 0 Å². The molecule has 0 atom stereocenters. The standard InChI is InChI=1S/C16H25N5O2/c1-5-6-7-8-9-17-15-18-13-12(21(15)10-11(2)3)14(22)19-16(23)20(13)4/h2,5-10H2,1,3-4H3,(H,17,18)(H,19,22,23). The van der Waals surface area contributed by atoms with E-state index in [1.54, 1.807) is 11.6 Å². The van der Waals surface area contributed by atoms with E-state index in [4.69, 9.17) is 0 Å². The van der Waals surface area contributed by atoms with E-state index in [2.05, 4.69) is 28.8 Å². The van der Waals surface area contributed by atoms with Gasteiger partial charge in [0.1, 0.15) is 0 Å². The summed E-state index contributed by atoms with van der Waals surface area (Å²) in [5.41, 5.74) is 0.807. The summed E-state index contributed by atoms with van der Waals surface area (Å²) in [6, 6.07) is 0. The van der Waals surface area contributed by atoms with Crippen molar-refractivity contribution in [2.24, 2.45) is 7.05 Å². The van der Waals surface area contributed by atoms with Gasteiger partial charge in [-0.25, -0.2) is 4.79 Å². The fraction of sp³-hybridized carbons (Fsp3) is 0.562. The van der Waals surface area contributed by atoms with Gasteiger partial charge in [0, 0.05) is 20.1 Å². The van der Waals surface area contributed by atoms with Gasteiger partial charge in [-0.15, -0.1) is 0 Å². The third-order valence-corrected chi connectivity index (χ3v) is 3.75. The first-order chi connectivity index (χ1) is 11.0. The van der Waals surface area contributed by atoms with Gasteiger partial charge in [0.05, 0.1) is 0 Å². The molecule has 0 aromatic carbocycles. The van der Waals surface area contributed by atoms with Gasteiger partial charge in [0.25, 0.3) is 5.56 Å². The lowest BCUT2D eigenvalue weighted by Gasteiger charge is -2.10. The van der Waals surface area contributed by atoms with E-state index in [9.17, 15) is 9.59 Å². The predicted molar refractivity (Wildman–Crippen MR) is 93.0 cm³/mol. The van der Waals surface area contributed by atoms with Crippen molar-refractivity contribution >= 4 is 17.1 Å². The van der Waals surface area contributed by atoms with Gasteiger partial charge in [-0.1, -0.05) is 38.3 Å². The second-order valence-electron chi connectivity index (χ2n) is 5.96. The highest BCUT2D eigenvalue weighted by molar-refractivity contribution is 5.74. The monoisotopic (exact) mass is 319 g/mol. The van der Waals surface area contributed by atoms with E-state index in [1.807, 2.05) is 6.92 Å². The quantitative estimate of drug-likeness (QED) is 0.575. The highest BCUT2D eigenvalue weighted by Gasteiger charge is 2.16. The van der Waals surface area contributed by atoms with Crippen LogP contribution >= 0.6 is 0 Å². The molecule has 2 N–H and O–H groups in total. The summed E-state index contributed by atoms with van der Waals surface area (Å²) in [6.07, 6.45) is 4.59. The molecule has 0 saturated carbocycles. The van der Waals surface area contributed by atoms with Crippen molar-refractivity contribution in [3.63, 3.8) is 0 Å². The van der Waals surface area contributed by atoms with Gasteiger partial charge in [0.2, 0.25) is 5.95 Å². The Bertz CT molecular complexity index is 812. The molecule has 2 rings (SSSR count). The van der Waals surface area contributed by atoms with Gasteiger partial charge in [0.15, 0.2) is 11.2 Å². The lowest BCUT2D eigenvalue weighted by Crippen LogP contribution is -2.29. The van der Waals surface area contributed by atoms with Crippen LogP contribution in [0.25, 0.3) is 11.2 Å². The molecule has 0 aliphatic carbocycles. The summed E-state index contributed by atoms with van der Waals surface area (Å²) in [6.45, 7) is 9.24. The molecule has 0 unspecified atom stereocenters. The molecule has 0 radical (unpaired) electrons. The number of allylic oxidation sites excluding steroid dienone is 1. The zero-order chi connectivity index (χ0) is 17.0. The van der Waals surface area contributed by atoms with E-state index in [0.29, 0.717) is 23.7 Å². The Balaban J connectivity index is 2.40. The number of anilines is 1. The number of imidazole rings is 1. The normalized spacial score (nSPS) is 11.1. The largest absolute Gasteiger partial charge is 0.356 e. The Morgan fingerprint density at radius 1 is 1.30 bits per heavy atom. The number of aryl methyl sites for hydroxylation is 1. The molecule has 0 amide bonds. The smallest absolute Gasteiger partial charge is 0.329 e. The maximum Gasteiger partial charge on any atom is 0.329 e. The number of aromatic amines is 1. The fourth-order valence-electron chi connectivity index (χ4n) is 2.55. The van der Waals surface area contributed by atoms with E-state index >= 15 is 0 Å². The SMILES string of the molecule is C=C(C)Cn1c(NCCCCCC)nc2c1c(=O)[nH]c(=O)n2C. The van der Waals surface area contributed by atoms with Gasteiger partial charge in [-0.3, -0.25) is 14.3 Å². The molecule has 23 heavy (non-hydrogen) atoms. The third kappa shape index (κ3) is 3.72. The number of rotatable bonds is 8. The summed E-state index contributed by atoms with van der Waals surface area (Å²) in [4.78, 5) is 30.7. The lowest BCUT2D eigenvalue weighted by molar-refractivity contribution is 0.680. The zero-order valence-electron chi connectivity index (χ0n) is 14.1. The Labute approximate surface area is 135 Å². The van der Waals surface area contributed by atoms with Crippen LogP contribution in [0.4, 0.5) is 5.95 Å². The first-order valence-corrected chi connectivity index (χ1v) is 8.03. The van der Waals surface area contributed by atoms with Gasteiger partial charge < -0.3 is 9.88 Å². The molecule has 7 nitrogen and oxygen atoms in total. The van der Waals surface area contributed by atoms with Crippen LogP contribution < -0.4 is 16.6 Å².